The highest BCUT2D eigenvalue weighted by Gasteiger charge is 2.04. The molecule has 3 N–H and O–H groups in total. The van der Waals surface area contributed by atoms with E-state index in [1.54, 1.807) is 24.3 Å². The van der Waals surface area contributed by atoms with Crippen LogP contribution in [-0.2, 0) is 16.0 Å². The first-order valence-electron chi connectivity index (χ1n) is 6.22. The van der Waals surface area contributed by atoms with Gasteiger partial charge in [-0.25, -0.2) is 0 Å². The van der Waals surface area contributed by atoms with E-state index in [2.05, 4.69) is 5.32 Å². The van der Waals surface area contributed by atoms with Crippen LogP contribution in [0.3, 0.4) is 0 Å². The number of nitrogens with one attached hydrogen (secondary N) is 1. The van der Waals surface area contributed by atoms with E-state index in [1.165, 1.54) is 0 Å². The topological polar surface area (TPSA) is 81.4 Å². The molecule has 0 aliphatic carbocycles. The molecule has 19 heavy (non-hydrogen) atoms. The van der Waals surface area contributed by atoms with Crippen LogP contribution in [0.5, 0.6) is 5.75 Å². The quantitative estimate of drug-likeness (QED) is 0.722. The molecule has 0 aliphatic rings. The first-order chi connectivity index (χ1) is 8.97. The third-order valence-electron chi connectivity index (χ3n) is 2.41. The van der Waals surface area contributed by atoms with Gasteiger partial charge in [0.1, 0.15) is 12.4 Å². The summed E-state index contributed by atoms with van der Waals surface area (Å²) in [5.74, 6) is 0.227. The Morgan fingerprint density at radius 1 is 1.26 bits per heavy atom. The van der Waals surface area contributed by atoms with Crippen molar-refractivity contribution in [2.24, 2.45) is 5.73 Å². The largest absolute Gasteiger partial charge is 0.486 e. The maximum Gasteiger partial charge on any atom is 0.221 e. The molecule has 0 saturated heterocycles. The van der Waals surface area contributed by atoms with Crippen molar-refractivity contribution in [2.45, 2.75) is 26.3 Å². The number of rotatable bonds is 8. The molecule has 0 spiro atoms. The molecule has 0 fully saturated rings. The Labute approximate surface area is 113 Å². The van der Waals surface area contributed by atoms with Crippen molar-refractivity contribution in [1.29, 1.82) is 0 Å². The molecule has 0 heterocycles. The zero-order valence-corrected chi connectivity index (χ0v) is 11.3. The predicted molar refractivity (Wildman–Crippen MR) is 73.0 cm³/mol. The summed E-state index contributed by atoms with van der Waals surface area (Å²) in [5, 5.41) is 3.03. The second-order valence-electron chi connectivity index (χ2n) is 4.65. The zero-order valence-electron chi connectivity index (χ0n) is 11.3. The zero-order chi connectivity index (χ0) is 14.3. The minimum atomic E-state index is -0.372. The number of carbonyl (C=O) groups excluding carboxylic acids is 2. The summed E-state index contributed by atoms with van der Waals surface area (Å²) >= 11 is 0. The van der Waals surface area contributed by atoms with Gasteiger partial charge < -0.3 is 15.8 Å². The summed E-state index contributed by atoms with van der Waals surface area (Å²) in [6, 6.07) is 7.24. The number of amides is 1. The Morgan fingerprint density at radius 2 is 1.89 bits per heavy atom. The first-order valence-corrected chi connectivity index (χ1v) is 6.22. The number of nitrogens with two attached hydrogens (primary N) is 1. The number of Topliss-reactive ketones (excluding diaryl/α,β-unsaturated/α-hetero) is 1. The number of carbonyl (C=O) groups is 2. The predicted octanol–water partition coefficient (Wildman–Crippen LogP) is 0.660. The van der Waals surface area contributed by atoms with E-state index < -0.39 is 0 Å². The highest BCUT2D eigenvalue weighted by Crippen LogP contribution is 2.12. The van der Waals surface area contributed by atoms with Gasteiger partial charge in [-0.3, -0.25) is 9.59 Å². The third kappa shape index (κ3) is 6.57. The molecule has 0 radical (unpaired) electrons. The van der Waals surface area contributed by atoms with Gasteiger partial charge in [0, 0.05) is 6.04 Å². The van der Waals surface area contributed by atoms with Crippen molar-refractivity contribution in [3.63, 3.8) is 0 Å². The van der Waals surface area contributed by atoms with Crippen LogP contribution in [0.2, 0.25) is 0 Å². The van der Waals surface area contributed by atoms with Crippen LogP contribution in [0.4, 0.5) is 0 Å². The van der Waals surface area contributed by atoms with Gasteiger partial charge in [-0.15, -0.1) is 0 Å². The minimum Gasteiger partial charge on any atom is -0.486 e. The average Bonchev–Trinajstić information content (AvgIpc) is 2.35. The Balaban J connectivity index is 2.37. The smallest absolute Gasteiger partial charge is 0.221 e. The van der Waals surface area contributed by atoms with Gasteiger partial charge >= 0.3 is 0 Å². The molecule has 1 aromatic rings. The van der Waals surface area contributed by atoms with Gasteiger partial charge in [0.05, 0.1) is 13.0 Å². The summed E-state index contributed by atoms with van der Waals surface area (Å²) in [4.78, 5) is 22.2. The van der Waals surface area contributed by atoms with Gasteiger partial charge in [-0.05, 0) is 17.7 Å². The highest BCUT2D eigenvalue weighted by molar-refractivity contribution is 5.82. The number of hydrogen-bond donors (Lipinski definition) is 2. The standard InChI is InChI=1S/C14H20N2O3/c1-10(2)16-8-12(17)9-19-13-5-3-11(4-6-13)7-14(15)18/h3-6,10,16H,7-9H2,1-2H3,(H2,15,18). The van der Waals surface area contributed by atoms with E-state index in [-0.39, 0.29) is 30.8 Å². The van der Waals surface area contributed by atoms with Gasteiger partial charge in [0.25, 0.3) is 0 Å². The molecule has 1 amide bonds. The molecule has 0 atom stereocenters. The van der Waals surface area contributed by atoms with Gasteiger partial charge in [0.15, 0.2) is 5.78 Å². The SMILES string of the molecule is CC(C)NCC(=O)COc1ccc(CC(N)=O)cc1. The molecule has 0 aliphatic heterocycles. The minimum absolute atomic E-state index is 0.00471. The molecule has 0 unspecified atom stereocenters. The molecule has 0 saturated carbocycles. The van der Waals surface area contributed by atoms with Crippen molar-refractivity contribution in [3.05, 3.63) is 29.8 Å². The van der Waals surface area contributed by atoms with Crippen LogP contribution in [0.1, 0.15) is 19.4 Å². The van der Waals surface area contributed by atoms with E-state index in [0.717, 1.165) is 5.56 Å². The van der Waals surface area contributed by atoms with Crippen LogP contribution in [0.15, 0.2) is 24.3 Å². The molecule has 1 rings (SSSR count). The van der Waals surface area contributed by atoms with Crippen molar-refractivity contribution in [3.8, 4) is 5.75 Å². The molecule has 1 aromatic carbocycles. The van der Waals surface area contributed by atoms with E-state index in [9.17, 15) is 9.59 Å². The molecule has 5 heteroatoms. The van der Waals surface area contributed by atoms with Crippen molar-refractivity contribution in [2.75, 3.05) is 13.2 Å². The van der Waals surface area contributed by atoms with Gasteiger partial charge in [-0.2, -0.15) is 0 Å². The summed E-state index contributed by atoms with van der Waals surface area (Å²) in [5.41, 5.74) is 5.92. The molecule has 5 nitrogen and oxygen atoms in total. The number of ether oxygens (including phenoxy) is 1. The van der Waals surface area contributed by atoms with Crippen LogP contribution < -0.4 is 15.8 Å². The summed E-state index contributed by atoms with van der Waals surface area (Å²) < 4.78 is 5.35. The normalized spacial score (nSPS) is 10.5. The first kappa shape index (κ1) is 15.2. The fourth-order valence-electron chi connectivity index (χ4n) is 1.44. The lowest BCUT2D eigenvalue weighted by Gasteiger charge is -2.09. The lowest BCUT2D eigenvalue weighted by molar-refractivity contribution is -0.120. The number of hydrogen-bond acceptors (Lipinski definition) is 4. The van der Waals surface area contributed by atoms with Crippen LogP contribution >= 0.6 is 0 Å². The Hall–Kier alpha value is -1.88. The number of benzene rings is 1. The second kappa shape index (κ2) is 7.53. The Bertz CT molecular complexity index is 427. The fourth-order valence-corrected chi connectivity index (χ4v) is 1.44. The lowest BCUT2D eigenvalue weighted by Crippen LogP contribution is -2.31. The van der Waals surface area contributed by atoms with Crippen LogP contribution in [0.25, 0.3) is 0 Å². The lowest BCUT2D eigenvalue weighted by atomic mass is 10.1. The molecule has 104 valence electrons. The monoisotopic (exact) mass is 264 g/mol. The van der Waals surface area contributed by atoms with Crippen LogP contribution in [0, 0.1) is 0 Å². The number of primary amides is 1. The van der Waals surface area contributed by atoms with Gasteiger partial charge in [0.2, 0.25) is 5.91 Å². The second-order valence-corrected chi connectivity index (χ2v) is 4.65. The Kier molecular flexibility index (Phi) is 6.02. The highest BCUT2D eigenvalue weighted by atomic mass is 16.5. The van der Waals surface area contributed by atoms with E-state index in [1.807, 2.05) is 13.8 Å². The number of ketones is 1. The van der Waals surface area contributed by atoms with Crippen molar-refractivity contribution in [1.82, 2.24) is 5.32 Å². The van der Waals surface area contributed by atoms with Crippen LogP contribution in [-0.4, -0.2) is 30.9 Å². The van der Waals surface area contributed by atoms with E-state index in [4.69, 9.17) is 10.5 Å². The third-order valence-corrected chi connectivity index (χ3v) is 2.41. The average molecular weight is 264 g/mol. The fraction of sp³-hybridized carbons (Fsp3) is 0.429. The van der Waals surface area contributed by atoms with Crippen molar-refractivity contribution < 1.29 is 14.3 Å². The van der Waals surface area contributed by atoms with E-state index >= 15 is 0 Å². The summed E-state index contributed by atoms with van der Waals surface area (Å²) in [6.45, 7) is 4.30. The summed E-state index contributed by atoms with van der Waals surface area (Å²) in [6.07, 6.45) is 0.206. The molecule has 0 bridgehead atoms. The summed E-state index contributed by atoms with van der Waals surface area (Å²) in [7, 11) is 0. The Morgan fingerprint density at radius 3 is 2.42 bits per heavy atom. The molecular formula is C14H20N2O3. The molecular weight excluding hydrogens is 244 g/mol. The van der Waals surface area contributed by atoms with Gasteiger partial charge in [-0.1, -0.05) is 26.0 Å². The molecule has 0 aromatic heterocycles. The maximum absolute atomic E-state index is 11.5. The van der Waals surface area contributed by atoms with E-state index in [0.29, 0.717) is 12.3 Å². The van der Waals surface area contributed by atoms with Crippen molar-refractivity contribution >= 4 is 11.7 Å². The maximum atomic E-state index is 11.5.